The second kappa shape index (κ2) is 5.72. The smallest absolute Gasteiger partial charge is 0.393 e. The number of phosphoric acid groups is 1. The minimum absolute atomic E-state index is 0.105. The van der Waals surface area contributed by atoms with Crippen LogP contribution in [-0.2, 0) is 27.7 Å². The zero-order chi connectivity index (χ0) is 21.3. The van der Waals surface area contributed by atoms with E-state index in [9.17, 15) is 24.4 Å². The zero-order valence-electron chi connectivity index (χ0n) is 17.1. The Kier molecular flexibility index (Phi) is 3.77. The maximum atomic E-state index is 12.7. The summed E-state index contributed by atoms with van der Waals surface area (Å²) >= 11 is 0. The lowest BCUT2D eigenvalue weighted by Crippen LogP contribution is -2.70. The molecule has 6 fully saturated rings. The standard InChI is InChI=1S/C21H27O8P/c1-19-8-15(24)17-11(12(19)5-6-13(19)16(25)9-22)4-3-10-7-14(23)18-21(20(10,17)2)28-30(26,27-18)29-21/h7,11-13,15,17-18,22,24H,3-6,8-9H2,1-2H3/t11-,12-,13+,15-,17+,18?,19-,20-,21?,30?/m0/s1. The Hall–Kier alpha value is -0.890. The number of carbonyl (C=O) groups is 2. The Morgan fingerprint density at radius 2 is 2.00 bits per heavy atom. The largest absolute Gasteiger partial charge is 0.481 e. The van der Waals surface area contributed by atoms with Crippen molar-refractivity contribution in [3.63, 3.8) is 0 Å². The molecule has 7 aliphatic rings. The van der Waals surface area contributed by atoms with E-state index in [-0.39, 0.29) is 40.7 Å². The summed E-state index contributed by atoms with van der Waals surface area (Å²) in [5.41, 5.74) is -0.341. The molecule has 1 spiro atoms. The van der Waals surface area contributed by atoms with Crippen LogP contribution in [-0.4, -0.2) is 46.4 Å². The summed E-state index contributed by atoms with van der Waals surface area (Å²) < 4.78 is 29.3. The number of hydrogen-bond donors (Lipinski definition) is 2. The number of fused-ring (bicyclic) bond motifs is 5. The van der Waals surface area contributed by atoms with E-state index in [4.69, 9.17) is 13.6 Å². The molecule has 3 aliphatic heterocycles. The zero-order valence-corrected chi connectivity index (χ0v) is 18.0. The van der Waals surface area contributed by atoms with Crippen molar-refractivity contribution in [3.8, 4) is 0 Å². The molecule has 0 aromatic carbocycles. The molecule has 164 valence electrons. The molecular formula is C21H27O8P. The van der Waals surface area contributed by atoms with Crippen LogP contribution in [0.25, 0.3) is 0 Å². The number of aliphatic hydroxyl groups excluding tert-OH is 2. The van der Waals surface area contributed by atoms with Crippen LogP contribution in [0.4, 0.5) is 0 Å². The highest BCUT2D eigenvalue weighted by Gasteiger charge is 2.84. The molecule has 0 aromatic rings. The summed E-state index contributed by atoms with van der Waals surface area (Å²) in [6.45, 7) is 3.55. The molecule has 0 radical (unpaired) electrons. The van der Waals surface area contributed by atoms with Crippen LogP contribution >= 0.6 is 7.82 Å². The minimum atomic E-state index is -3.70. The van der Waals surface area contributed by atoms with Crippen molar-refractivity contribution >= 4 is 19.4 Å². The fraction of sp³-hybridized carbons (Fsp3) is 0.810. The average molecular weight is 438 g/mol. The normalized spacial score (nSPS) is 58.1. The van der Waals surface area contributed by atoms with Crippen molar-refractivity contribution in [1.29, 1.82) is 0 Å². The third kappa shape index (κ3) is 2.00. The lowest BCUT2D eigenvalue weighted by atomic mass is 9.44. The van der Waals surface area contributed by atoms with Crippen molar-refractivity contribution < 1.29 is 37.9 Å². The van der Waals surface area contributed by atoms with E-state index in [1.807, 2.05) is 6.92 Å². The molecule has 8 atom stereocenters. The van der Waals surface area contributed by atoms with E-state index in [1.165, 1.54) is 0 Å². The van der Waals surface area contributed by atoms with Crippen molar-refractivity contribution in [1.82, 2.24) is 0 Å². The molecule has 4 aliphatic carbocycles. The molecule has 30 heavy (non-hydrogen) atoms. The van der Waals surface area contributed by atoms with E-state index in [0.717, 1.165) is 18.4 Å². The minimum Gasteiger partial charge on any atom is -0.393 e. The molecule has 2 N–H and O–H groups in total. The van der Waals surface area contributed by atoms with Crippen molar-refractivity contribution in [2.45, 2.75) is 63.9 Å². The molecule has 0 amide bonds. The Balaban J connectivity index is 1.45. The highest BCUT2D eigenvalue weighted by molar-refractivity contribution is 7.50. The first-order valence-corrected chi connectivity index (χ1v) is 12.3. The van der Waals surface area contributed by atoms with Crippen molar-refractivity contribution in [2.75, 3.05) is 6.61 Å². The van der Waals surface area contributed by atoms with Gasteiger partial charge in [-0.2, -0.15) is 0 Å². The molecule has 3 heterocycles. The summed E-state index contributed by atoms with van der Waals surface area (Å²) in [5, 5.41) is 20.9. The van der Waals surface area contributed by atoms with Gasteiger partial charge in [-0.1, -0.05) is 19.4 Å². The van der Waals surface area contributed by atoms with Gasteiger partial charge in [0.25, 0.3) is 0 Å². The summed E-state index contributed by atoms with van der Waals surface area (Å²) in [4.78, 5) is 25.1. The number of rotatable bonds is 2. The van der Waals surface area contributed by atoms with Crippen LogP contribution in [0.3, 0.4) is 0 Å². The van der Waals surface area contributed by atoms with Gasteiger partial charge in [0.05, 0.1) is 11.5 Å². The van der Waals surface area contributed by atoms with Gasteiger partial charge >= 0.3 is 7.82 Å². The van der Waals surface area contributed by atoms with Crippen LogP contribution in [0.15, 0.2) is 11.6 Å². The van der Waals surface area contributed by atoms with E-state index in [1.54, 1.807) is 6.08 Å². The first-order chi connectivity index (χ1) is 14.1. The lowest BCUT2D eigenvalue weighted by Gasteiger charge is -2.64. The van der Waals surface area contributed by atoms with Gasteiger partial charge in [0.1, 0.15) is 6.61 Å². The summed E-state index contributed by atoms with van der Waals surface area (Å²) in [7, 11) is -3.70. The number of phosphoric ester groups is 1. The first kappa shape index (κ1) is 19.8. The van der Waals surface area contributed by atoms with Gasteiger partial charge in [-0.15, -0.1) is 0 Å². The van der Waals surface area contributed by atoms with Gasteiger partial charge < -0.3 is 10.2 Å². The SMILES string of the molecule is C[C@]12C[C@H](O)[C@H]3[C@@H](CCC4=CC(=O)C5OP6(=O)OC5(O6)[C@@]43C)[C@@H]1CC[C@@H]2C(=O)CO. The quantitative estimate of drug-likeness (QED) is 0.630. The van der Waals surface area contributed by atoms with Gasteiger partial charge in [-0.3, -0.25) is 14.1 Å². The van der Waals surface area contributed by atoms with E-state index >= 15 is 0 Å². The lowest BCUT2D eigenvalue weighted by molar-refractivity contribution is -0.285. The van der Waals surface area contributed by atoms with E-state index < -0.39 is 37.8 Å². The van der Waals surface area contributed by atoms with Crippen molar-refractivity contribution in [3.05, 3.63) is 11.6 Å². The molecule has 2 bridgehead atoms. The monoisotopic (exact) mass is 438 g/mol. The van der Waals surface area contributed by atoms with Gasteiger partial charge in [-0.25, -0.2) is 13.6 Å². The Morgan fingerprint density at radius 1 is 1.27 bits per heavy atom. The molecule has 3 saturated carbocycles. The predicted octanol–water partition coefficient (Wildman–Crippen LogP) is 2.14. The van der Waals surface area contributed by atoms with E-state index in [0.29, 0.717) is 19.3 Å². The van der Waals surface area contributed by atoms with Crippen LogP contribution in [0, 0.1) is 34.5 Å². The Labute approximate surface area is 174 Å². The topological polar surface area (TPSA) is 119 Å². The Bertz CT molecular complexity index is 933. The summed E-state index contributed by atoms with van der Waals surface area (Å²) in [6, 6.07) is 0. The van der Waals surface area contributed by atoms with Gasteiger partial charge in [0, 0.05) is 11.8 Å². The third-order valence-corrected chi connectivity index (χ3v) is 10.9. The van der Waals surface area contributed by atoms with Crippen molar-refractivity contribution in [2.24, 2.45) is 34.5 Å². The van der Waals surface area contributed by atoms with E-state index in [2.05, 4.69) is 6.92 Å². The molecule has 9 heteroatoms. The highest BCUT2D eigenvalue weighted by Crippen LogP contribution is 2.83. The number of carbonyl (C=O) groups excluding carboxylic acids is 2. The number of Topliss-reactive ketones (excluding diaryl/α,β-unsaturated/α-hetero) is 1. The maximum absolute atomic E-state index is 12.7. The molecule has 3 saturated heterocycles. The van der Waals surface area contributed by atoms with Gasteiger partial charge in [0.15, 0.2) is 17.7 Å². The highest BCUT2D eigenvalue weighted by atomic mass is 31.2. The number of aliphatic hydroxyl groups is 2. The first-order valence-electron chi connectivity index (χ1n) is 10.9. The molecule has 7 rings (SSSR count). The second-order valence-corrected chi connectivity index (χ2v) is 11.9. The number of ketones is 2. The predicted molar refractivity (Wildman–Crippen MR) is 102 cm³/mol. The second-order valence-electron chi connectivity index (χ2n) is 10.4. The fourth-order valence-corrected chi connectivity index (χ4v) is 10.1. The van der Waals surface area contributed by atoms with Crippen LogP contribution in [0.1, 0.15) is 46.0 Å². The van der Waals surface area contributed by atoms with Gasteiger partial charge in [0.2, 0.25) is 5.79 Å². The molecule has 1 unspecified atom stereocenters. The fourth-order valence-electron chi connectivity index (χ4n) is 8.31. The summed E-state index contributed by atoms with van der Waals surface area (Å²) in [5.74, 6) is -2.07. The third-order valence-electron chi connectivity index (χ3n) is 9.45. The van der Waals surface area contributed by atoms with Crippen LogP contribution in [0.5, 0.6) is 0 Å². The molecule has 8 nitrogen and oxygen atoms in total. The number of hydrogen-bond acceptors (Lipinski definition) is 8. The molecular weight excluding hydrogens is 411 g/mol. The maximum Gasteiger partial charge on any atom is 0.481 e. The van der Waals surface area contributed by atoms with Gasteiger partial charge in [-0.05, 0) is 55.4 Å². The molecule has 0 aromatic heterocycles. The Morgan fingerprint density at radius 3 is 2.70 bits per heavy atom. The average Bonchev–Trinajstić information content (AvgIpc) is 3.27. The van der Waals surface area contributed by atoms with Crippen LogP contribution in [0.2, 0.25) is 0 Å². The van der Waals surface area contributed by atoms with Crippen LogP contribution < -0.4 is 0 Å². The summed E-state index contributed by atoms with van der Waals surface area (Å²) in [6.07, 6.45) is 3.25.